The molecule has 0 radical (unpaired) electrons. The lowest BCUT2D eigenvalue weighted by Crippen LogP contribution is -2.53. The fourth-order valence-corrected chi connectivity index (χ4v) is 4.33. The van der Waals surface area contributed by atoms with Gasteiger partial charge in [0.05, 0.1) is 5.41 Å². The first-order chi connectivity index (χ1) is 15.0. The summed E-state index contributed by atoms with van der Waals surface area (Å²) < 4.78 is 13.6. The molecule has 2 aromatic carbocycles. The standard InChI is InChI=1S/C25H24FN3O2/c26-22-9-2-7-20(14-22)23(30)29-12-4-10-25(17-29,24(27)31)15-18-5-1-6-19(13-18)21-8-3-11-28-16-21/h1-3,5-9,11,13-14,16H,4,10,12,15,17H2,(H2,27,31). The van der Waals surface area contributed by atoms with E-state index in [1.165, 1.54) is 18.2 Å². The number of nitrogens with zero attached hydrogens (tertiary/aromatic N) is 2. The van der Waals surface area contributed by atoms with Gasteiger partial charge in [-0.05, 0) is 60.2 Å². The SMILES string of the molecule is NC(=O)C1(Cc2cccc(-c3cccnc3)c2)CCCN(C(=O)c2cccc(F)c2)C1. The number of likely N-dealkylation sites (tertiary alicyclic amines) is 1. The molecule has 1 atom stereocenters. The van der Waals surface area contributed by atoms with Crippen LogP contribution in [0.5, 0.6) is 0 Å². The third-order valence-electron chi connectivity index (χ3n) is 5.92. The van der Waals surface area contributed by atoms with Crippen LogP contribution in [-0.4, -0.2) is 34.8 Å². The fourth-order valence-electron chi connectivity index (χ4n) is 4.33. The zero-order valence-corrected chi connectivity index (χ0v) is 17.1. The number of halogens is 1. The largest absolute Gasteiger partial charge is 0.369 e. The molecule has 0 aliphatic carbocycles. The van der Waals surface area contributed by atoms with Gasteiger partial charge in [-0.15, -0.1) is 0 Å². The van der Waals surface area contributed by atoms with E-state index in [9.17, 15) is 14.0 Å². The van der Waals surface area contributed by atoms with Gasteiger partial charge >= 0.3 is 0 Å². The van der Waals surface area contributed by atoms with Gasteiger partial charge in [0.15, 0.2) is 0 Å². The van der Waals surface area contributed by atoms with Crippen LogP contribution in [0.25, 0.3) is 11.1 Å². The molecule has 2 N–H and O–H groups in total. The second-order valence-corrected chi connectivity index (χ2v) is 8.10. The number of rotatable bonds is 5. The van der Waals surface area contributed by atoms with Gasteiger partial charge in [0.2, 0.25) is 5.91 Å². The second kappa shape index (κ2) is 8.68. The van der Waals surface area contributed by atoms with Gasteiger partial charge in [-0.25, -0.2) is 4.39 Å². The van der Waals surface area contributed by atoms with Crippen molar-refractivity contribution in [2.45, 2.75) is 19.3 Å². The van der Waals surface area contributed by atoms with Crippen molar-refractivity contribution in [1.29, 1.82) is 0 Å². The van der Waals surface area contributed by atoms with Gasteiger partial charge < -0.3 is 10.6 Å². The van der Waals surface area contributed by atoms with Crippen molar-refractivity contribution in [1.82, 2.24) is 9.88 Å². The van der Waals surface area contributed by atoms with Gasteiger partial charge in [-0.2, -0.15) is 0 Å². The molecule has 2 heterocycles. The van der Waals surface area contributed by atoms with Gasteiger partial charge in [-0.1, -0.05) is 36.4 Å². The maximum atomic E-state index is 13.6. The summed E-state index contributed by atoms with van der Waals surface area (Å²) in [6.45, 7) is 0.731. The lowest BCUT2D eigenvalue weighted by molar-refractivity contribution is -0.130. The average Bonchev–Trinajstić information content (AvgIpc) is 2.79. The van der Waals surface area contributed by atoms with Gasteiger partial charge in [0.1, 0.15) is 5.82 Å². The van der Waals surface area contributed by atoms with Crippen molar-refractivity contribution in [2.24, 2.45) is 11.1 Å². The average molecular weight is 417 g/mol. The molecule has 2 amide bonds. The molecular weight excluding hydrogens is 393 g/mol. The van der Waals surface area contributed by atoms with E-state index < -0.39 is 17.1 Å². The Hall–Kier alpha value is -3.54. The predicted molar refractivity (Wildman–Crippen MR) is 117 cm³/mol. The number of hydrogen-bond donors (Lipinski definition) is 1. The number of piperidine rings is 1. The Labute approximate surface area is 180 Å². The summed E-state index contributed by atoms with van der Waals surface area (Å²) in [6, 6.07) is 17.4. The van der Waals surface area contributed by atoms with Crippen molar-refractivity contribution < 1.29 is 14.0 Å². The summed E-state index contributed by atoms with van der Waals surface area (Å²) >= 11 is 0. The molecule has 6 heteroatoms. The predicted octanol–water partition coefficient (Wildman–Crippen LogP) is 3.84. The van der Waals surface area contributed by atoms with E-state index in [4.69, 9.17) is 5.73 Å². The van der Waals surface area contributed by atoms with E-state index in [1.54, 1.807) is 23.4 Å². The molecule has 1 unspecified atom stereocenters. The highest BCUT2D eigenvalue weighted by molar-refractivity contribution is 5.95. The quantitative estimate of drug-likeness (QED) is 0.685. The number of benzene rings is 2. The third kappa shape index (κ3) is 4.48. The normalized spacial score (nSPS) is 18.5. The van der Waals surface area contributed by atoms with Crippen molar-refractivity contribution >= 4 is 11.8 Å². The molecule has 3 aromatic rings. The molecule has 158 valence electrons. The number of carbonyl (C=O) groups is 2. The molecule has 1 fully saturated rings. The number of hydrogen-bond acceptors (Lipinski definition) is 3. The molecule has 1 aliphatic heterocycles. The lowest BCUT2D eigenvalue weighted by Gasteiger charge is -2.41. The summed E-state index contributed by atoms with van der Waals surface area (Å²) in [6.07, 6.45) is 5.21. The van der Waals surface area contributed by atoms with E-state index in [2.05, 4.69) is 4.98 Å². The van der Waals surface area contributed by atoms with Crippen molar-refractivity contribution in [3.8, 4) is 11.1 Å². The molecule has 0 spiro atoms. The second-order valence-electron chi connectivity index (χ2n) is 8.10. The van der Waals surface area contributed by atoms with Crippen molar-refractivity contribution in [2.75, 3.05) is 13.1 Å². The van der Waals surface area contributed by atoms with Gasteiger partial charge in [0.25, 0.3) is 5.91 Å². The van der Waals surface area contributed by atoms with E-state index in [-0.39, 0.29) is 18.0 Å². The number of nitrogens with two attached hydrogens (primary N) is 1. The summed E-state index contributed by atoms with van der Waals surface area (Å²) in [5.41, 5.74) is 8.26. The molecule has 5 nitrogen and oxygen atoms in total. The molecule has 0 bridgehead atoms. The van der Waals surface area contributed by atoms with E-state index in [0.29, 0.717) is 25.8 Å². The number of carbonyl (C=O) groups excluding carboxylic acids is 2. The minimum atomic E-state index is -0.866. The molecule has 1 aliphatic rings. The highest BCUT2D eigenvalue weighted by Gasteiger charge is 2.42. The molecule has 31 heavy (non-hydrogen) atoms. The van der Waals surface area contributed by atoms with Crippen molar-refractivity contribution in [3.63, 3.8) is 0 Å². The van der Waals surface area contributed by atoms with E-state index >= 15 is 0 Å². The maximum Gasteiger partial charge on any atom is 0.253 e. The van der Waals surface area contributed by atoms with Crippen LogP contribution >= 0.6 is 0 Å². The summed E-state index contributed by atoms with van der Waals surface area (Å²) in [5, 5.41) is 0. The Morgan fingerprint density at radius 2 is 1.87 bits per heavy atom. The van der Waals surface area contributed by atoms with Crippen LogP contribution in [0.4, 0.5) is 4.39 Å². The Balaban J connectivity index is 1.59. The zero-order chi connectivity index (χ0) is 21.8. The number of pyridine rings is 1. The van der Waals surface area contributed by atoms with Crippen LogP contribution in [0, 0.1) is 11.2 Å². The molecule has 0 saturated carbocycles. The van der Waals surface area contributed by atoms with Crippen LogP contribution in [0.2, 0.25) is 0 Å². The topological polar surface area (TPSA) is 76.3 Å². The highest BCUT2D eigenvalue weighted by Crippen LogP contribution is 2.35. The Kier molecular flexibility index (Phi) is 5.80. The van der Waals surface area contributed by atoms with E-state index in [0.717, 1.165) is 16.7 Å². The third-order valence-corrected chi connectivity index (χ3v) is 5.92. The van der Waals surface area contributed by atoms with Crippen LogP contribution in [0.15, 0.2) is 73.1 Å². The van der Waals surface area contributed by atoms with E-state index in [1.807, 2.05) is 36.4 Å². The zero-order valence-electron chi connectivity index (χ0n) is 17.1. The Morgan fingerprint density at radius 3 is 2.61 bits per heavy atom. The molecular formula is C25H24FN3O2. The van der Waals surface area contributed by atoms with Gasteiger partial charge in [-0.3, -0.25) is 14.6 Å². The van der Waals surface area contributed by atoms with Crippen LogP contribution in [0.3, 0.4) is 0 Å². The first kappa shape index (κ1) is 20.7. The first-order valence-electron chi connectivity index (χ1n) is 10.3. The van der Waals surface area contributed by atoms with Crippen molar-refractivity contribution in [3.05, 3.63) is 90.0 Å². The number of primary amides is 1. The van der Waals surface area contributed by atoms with Gasteiger partial charge in [0, 0.05) is 31.0 Å². The summed E-state index contributed by atoms with van der Waals surface area (Å²) in [4.78, 5) is 31.3. The molecule has 1 aromatic heterocycles. The molecule has 1 saturated heterocycles. The number of aromatic nitrogens is 1. The maximum absolute atomic E-state index is 13.6. The minimum Gasteiger partial charge on any atom is -0.369 e. The summed E-state index contributed by atoms with van der Waals surface area (Å²) in [7, 11) is 0. The monoisotopic (exact) mass is 417 g/mol. The van der Waals surface area contributed by atoms with Crippen LogP contribution in [0.1, 0.15) is 28.8 Å². The smallest absolute Gasteiger partial charge is 0.253 e. The minimum absolute atomic E-state index is 0.217. The van der Waals surface area contributed by atoms with Crippen LogP contribution < -0.4 is 5.73 Å². The molecule has 4 rings (SSSR count). The number of amides is 2. The van der Waals surface area contributed by atoms with Crippen LogP contribution in [-0.2, 0) is 11.2 Å². The Bertz CT molecular complexity index is 1100. The highest BCUT2D eigenvalue weighted by atomic mass is 19.1. The first-order valence-corrected chi connectivity index (χ1v) is 10.3. The summed E-state index contributed by atoms with van der Waals surface area (Å²) in [5.74, 6) is -1.17. The lowest BCUT2D eigenvalue weighted by atomic mass is 9.74. The fraction of sp³-hybridized carbons (Fsp3) is 0.240. The Morgan fingerprint density at radius 1 is 1.06 bits per heavy atom.